The van der Waals surface area contributed by atoms with E-state index in [1.54, 1.807) is 16.2 Å². The summed E-state index contributed by atoms with van der Waals surface area (Å²) in [6.07, 6.45) is 1.83. The number of carbonyl (C=O) groups is 2. The van der Waals surface area contributed by atoms with Gasteiger partial charge < -0.3 is 14.5 Å². The van der Waals surface area contributed by atoms with Crippen molar-refractivity contribution in [1.82, 2.24) is 9.80 Å². The van der Waals surface area contributed by atoms with E-state index in [2.05, 4.69) is 6.92 Å². The summed E-state index contributed by atoms with van der Waals surface area (Å²) < 4.78 is 4.97. The van der Waals surface area contributed by atoms with Gasteiger partial charge in [0.2, 0.25) is 11.8 Å². The van der Waals surface area contributed by atoms with Crippen LogP contribution in [0.15, 0.2) is 47.8 Å². The Morgan fingerprint density at radius 1 is 1.00 bits per heavy atom. The molecule has 0 saturated heterocycles. The number of methoxy groups -OCH3 is 1. The molecule has 2 amide bonds. The maximum Gasteiger partial charge on any atom is 0.249 e. The molecule has 0 aliphatic heterocycles. The molecule has 0 bridgehead atoms. The van der Waals surface area contributed by atoms with Crippen molar-refractivity contribution in [1.29, 1.82) is 0 Å². The van der Waals surface area contributed by atoms with Crippen LogP contribution in [0, 0.1) is 0 Å². The standard InChI is InChI=1S/C21H28N2O3S/c1-3-4-12-22(21(25)17-26-2)16-20(24)23(15-19-11-8-13-27-19)14-18-9-6-5-7-10-18/h5-11,13H,3-4,12,14-17H2,1-2H3. The molecule has 1 heterocycles. The maximum absolute atomic E-state index is 13.1. The monoisotopic (exact) mass is 388 g/mol. The molecule has 0 saturated carbocycles. The number of carbonyl (C=O) groups excluding carboxylic acids is 2. The van der Waals surface area contributed by atoms with E-state index in [1.807, 2.05) is 52.7 Å². The number of nitrogens with zero attached hydrogens (tertiary/aromatic N) is 2. The Kier molecular flexibility index (Phi) is 9.01. The van der Waals surface area contributed by atoms with Gasteiger partial charge in [-0.3, -0.25) is 9.59 Å². The highest BCUT2D eigenvalue weighted by Crippen LogP contribution is 2.15. The van der Waals surface area contributed by atoms with E-state index in [0.717, 1.165) is 23.3 Å². The van der Waals surface area contributed by atoms with E-state index >= 15 is 0 Å². The smallest absolute Gasteiger partial charge is 0.249 e. The van der Waals surface area contributed by atoms with E-state index in [4.69, 9.17) is 4.74 Å². The molecule has 1 aromatic carbocycles. The first-order valence-electron chi connectivity index (χ1n) is 9.24. The molecule has 0 fully saturated rings. The second-order valence-electron chi connectivity index (χ2n) is 6.42. The van der Waals surface area contributed by atoms with Crippen molar-refractivity contribution < 1.29 is 14.3 Å². The molecule has 0 radical (unpaired) electrons. The third-order valence-corrected chi connectivity index (χ3v) is 5.09. The fourth-order valence-electron chi connectivity index (χ4n) is 2.75. The Balaban J connectivity index is 2.11. The Morgan fingerprint density at radius 3 is 2.41 bits per heavy atom. The Labute approximate surface area is 165 Å². The lowest BCUT2D eigenvalue weighted by Gasteiger charge is -2.27. The summed E-state index contributed by atoms with van der Waals surface area (Å²) in [4.78, 5) is 29.9. The Morgan fingerprint density at radius 2 is 1.78 bits per heavy atom. The van der Waals surface area contributed by atoms with Gasteiger partial charge in [-0.15, -0.1) is 11.3 Å². The maximum atomic E-state index is 13.1. The van der Waals surface area contributed by atoms with Gasteiger partial charge in [0.25, 0.3) is 0 Å². The van der Waals surface area contributed by atoms with Crippen molar-refractivity contribution in [3.8, 4) is 0 Å². The van der Waals surface area contributed by atoms with Crippen LogP contribution >= 0.6 is 11.3 Å². The van der Waals surface area contributed by atoms with Gasteiger partial charge in [0, 0.05) is 25.1 Å². The molecule has 0 aliphatic rings. The summed E-state index contributed by atoms with van der Waals surface area (Å²) in [5.41, 5.74) is 1.07. The first-order valence-corrected chi connectivity index (χ1v) is 10.1. The van der Waals surface area contributed by atoms with Gasteiger partial charge in [-0.05, 0) is 23.4 Å². The van der Waals surface area contributed by atoms with Crippen LogP contribution in [0.4, 0.5) is 0 Å². The predicted molar refractivity (Wildman–Crippen MR) is 108 cm³/mol. The number of thiophene rings is 1. The van der Waals surface area contributed by atoms with Crippen molar-refractivity contribution in [2.24, 2.45) is 0 Å². The van der Waals surface area contributed by atoms with E-state index in [9.17, 15) is 9.59 Å². The highest BCUT2D eigenvalue weighted by Gasteiger charge is 2.21. The van der Waals surface area contributed by atoms with Crippen LogP contribution in [-0.4, -0.2) is 48.4 Å². The number of amides is 2. The lowest BCUT2D eigenvalue weighted by molar-refractivity contribution is -0.143. The van der Waals surface area contributed by atoms with Crippen LogP contribution in [0.3, 0.4) is 0 Å². The van der Waals surface area contributed by atoms with Gasteiger partial charge in [-0.1, -0.05) is 49.7 Å². The number of benzene rings is 1. The number of rotatable bonds is 11. The second-order valence-corrected chi connectivity index (χ2v) is 7.45. The minimum Gasteiger partial charge on any atom is -0.375 e. The number of ether oxygens (including phenoxy) is 1. The molecular formula is C21H28N2O3S. The molecule has 146 valence electrons. The molecule has 0 spiro atoms. The third-order valence-electron chi connectivity index (χ3n) is 4.22. The first-order chi connectivity index (χ1) is 13.1. The fourth-order valence-corrected chi connectivity index (χ4v) is 3.47. The van der Waals surface area contributed by atoms with Gasteiger partial charge in [-0.2, -0.15) is 0 Å². The Bertz CT molecular complexity index is 689. The van der Waals surface area contributed by atoms with Crippen LogP contribution < -0.4 is 0 Å². The minimum absolute atomic E-state index is 0.000599. The number of hydrogen-bond acceptors (Lipinski definition) is 4. The molecule has 2 rings (SSSR count). The van der Waals surface area contributed by atoms with Crippen LogP contribution in [-0.2, 0) is 27.4 Å². The number of unbranched alkanes of at least 4 members (excludes halogenated alkanes) is 1. The highest BCUT2D eigenvalue weighted by atomic mass is 32.1. The average Bonchev–Trinajstić information content (AvgIpc) is 3.18. The summed E-state index contributed by atoms with van der Waals surface area (Å²) in [6, 6.07) is 13.9. The average molecular weight is 389 g/mol. The van der Waals surface area contributed by atoms with Crippen LogP contribution in [0.5, 0.6) is 0 Å². The topological polar surface area (TPSA) is 49.9 Å². The van der Waals surface area contributed by atoms with E-state index in [0.29, 0.717) is 19.6 Å². The number of hydrogen-bond donors (Lipinski definition) is 0. The quantitative estimate of drug-likeness (QED) is 0.591. The molecule has 2 aromatic rings. The Hall–Kier alpha value is -2.18. The summed E-state index contributed by atoms with van der Waals surface area (Å²) in [6.45, 7) is 3.80. The largest absolute Gasteiger partial charge is 0.375 e. The molecular weight excluding hydrogens is 360 g/mol. The van der Waals surface area contributed by atoms with E-state index < -0.39 is 0 Å². The van der Waals surface area contributed by atoms with Gasteiger partial charge in [0.15, 0.2) is 0 Å². The van der Waals surface area contributed by atoms with Gasteiger partial charge in [0.05, 0.1) is 13.1 Å². The van der Waals surface area contributed by atoms with Crippen molar-refractivity contribution >= 4 is 23.2 Å². The summed E-state index contributed by atoms with van der Waals surface area (Å²) in [7, 11) is 1.50. The molecule has 6 heteroatoms. The van der Waals surface area contributed by atoms with Crippen molar-refractivity contribution in [2.75, 3.05) is 26.8 Å². The zero-order valence-corrected chi connectivity index (χ0v) is 16.9. The molecule has 0 N–H and O–H groups in total. The predicted octanol–water partition coefficient (Wildman–Crippen LogP) is 3.55. The first kappa shape index (κ1) is 21.1. The molecule has 1 aromatic heterocycles. The summed E-state index contributed by atoms with van der Waals surface area (Å²) in [5.74, 6) is -0.192. The fraction of sp³-hybridized carbons (Fsp3) is 0.429. The van der Waals surface area contributed by atoms with Gasteiger partial charge in [-0.25, -0.2) is 0 Å². The van der Waals surface area contributed by atoms with Crippen LogP contribution in [0.25, 0.3) is 0 Å². The van der Waals surface area contributed by atoms with Crippen molar-refractivity contribution in [2.45, 2.75) is 32.9 Å². The summed E-state index contributed by atoms with van der Waals surface area (Å²) in [5, 5.41) is 2.01. The molecule has 5 nitrogen and oxygen atoms in total. The zero-order valence-electron chi connectivity index (χ0n) is 16.1. The molecule has 27 heavy (non-hydrogen) atoms. The lowest BCUT2D eigenvalue weighted by atomic mass is 10.2. The minimum atomic E-state index is -0.143. The van der Waals surface area contributed by atoms with Crippen molar-refractivity contribution in [3.63, 3.8) is 0 Å². The van der Waals surface area contributed by atoms with E-state index in [-0.39, 0.29) is 25.0 Å². The van der Waals surface area contributed by atoms with Crippen LogP contribution in [0.2, 0.25) is 0 Å². The van der Waals surface area contributed by atoms with Crippen molar-refractivity contribution in [3.05, 3.63) is 58.3 Å². The SMILES string of the molecule is CCCCN(CC(=O)N(Cc1ccccc1)Cc1cccs1)C(=O)COC. The van der Waals surface area contributed by atoms with Gasteiger partial charge in [0.1, 0.15) is 6.61 Å². The molecule has 0 aliphatic carbocycles. The zero-order chi connectivity index (χ0) is 19.5. The second kappa shape index (κ2) is 11.5. The van der Waals surface area contributed by atoms with Gasteiger partial charge >= 0.3 is 0 Å². The van der Waals surface area contributed by atoms with E-state index in [1.165, 1.54) is 7.11 Å². The normalized spacial score (nSPS) is 10.6. The summed E-state index contributed by atoms with van der Waals surface area (Å²) >= 11 is 1.63. The molecule has 0 atom stereocenters. The molecule has 0 unspecified atom stereocenters. The van der Waals surface area contributed by atoms with Crippen LogP contribution in [0.1, 0.15) is 30.2 Å². The third kappa shape index (κ3) is 7.15. The highest BCUT2D eigenvalue weighted by molar-refractivity contribution is 7.09. The lowest BCUT2D eigenvalue weighted by Crippen LogP contribution is -2.44.